The Labute approximate surface area is 171 Å². The highest BCUT2D eigenvalue weighted by Gasteiger charge is 2.57. The molecule has 0 aliphatic carbocycles. The number of hydrogen-bond donors (Lipinski definition) is 1. The normalized spacial score (nSPS) is 21.2. The molecule has 150 valence electrons. The minimum absolute atomic E-state index is 0.133. The number of anilines is 2. The van der Waals surface area contributed by atoms with Gasteiger partial charge >= 0.3 is 6.03 Å². The van der Waals surface area contributed by atoms with Crippen LogP contribution in [0, 0.1) is 11.2 Å². The number of fused-ring (bicyclic) bond motifs is 3. The first kappa shape index (κ1) is 18.3. The number of benzene rings is 3. The average molecular weight is 403 g/mol. The second-order valence-electron chi connectivity index (χ2n) is 7.78. The van der Waals surface area contributed by atoms with E-state index in [0.717, 1.165) is 26.9 Å². The molecule has 2 aliphatic heterocycles. The molecule has 30 heavy (non-hydrogen) atoms. The van der Waals surface area contributed by atoms with Gasteiger partial charge in [0.1, 0.15) is 5.82 Å². The van der Waals surface area contributed by atoms with Gasteiger partial charge in [0.2, 0.25) is 5.91 Å². The molecule has 0 aromatic heterocycles. The third kappa shape index (κ3) is 2.51. The lowest BCUT2D eigenvalue weighted by molar-refractivity contribution is -0.142. The van der Waals surface area contributed by atoms with Gasteiger partial charge in [0.25, 0.3) is 5.91 Å². The molecule has 1 N–H and O–H groups in total. The van der Waals surface area contributed by atoms with E-state index >= 15 is 0 Å². The number of amides is 4. The van der Waals surface area contributed by atoms with Crippen LogP contribution < -0.4 is 15.1 Å². The van der Waals surface area contributed by atoms with Crippen molar-refractivity contribution in [1.82, 2.24) is 5.32 Å². The fraction of sp³-hybridized carbons (Fsp3) is 0.174. The Balaban J connectivity index is 1.65. The van der Waals surface area contributed by atoms with E-state index in [0.29, 0.717) is 0 Å². The van der Waals surface area contributed by atoms with E-state index in [1.54, 1.807) is 0 Å². The lowest BCUT2D eigenvalue weighted by atomic mass is 9.73. The van der Waals surface area contributed by atoms with Gasteiger partial charge in [0.05, 0.1) is 5.69 Å². The lowest BCUT2D eigenvalue weighted by Gasteiger charge is -2.45. The number of halogens is 1. The summed E-state index contributed by atoms with van der Waals surface area (Å²) >= 11 is 0. The smallest absolute Gasteiger partial charge is 0.335 e. The van der Waals surface area contributed by atoms with Crippen molar-refractivity contribution < 1.29 is 18.8 Å². The molecule has 3 aromatic carbocycles. The maximum atomic E-state index is 13.6. The number of barbiturate groups is 1. The predicted molar refractivity (Wildman–Crippen MR) is 111 cm³/mol. The van der Waals surface area contributed by atoms with Crippen LogP contribution in [0.25, 0.3) is 10.8 Å². The summed E-state index contributed by atoms with van der Waals surface area (Å²) in [6.45, 7) is 0.133. The SMILES string of the molecule is CN1C[C@@]2(Cc3c1ccc1ccccc31)C(=O)NC(=O)N(c1ccc(F)cc1)C2=O. The zero-order valence-electron chi connectivity index (χ0n) is 16.2. The van der Waals surface area contributed by atoms with Gasteiger partial charge in [-0.1, -0.05) is 30.3 Å². The Morgan fingerprint density at radius 3 is 2.47 bits per heavy atom. The Kier molecular flexibility index (Phi) is 3.89. The van der Waals surface area contributed by atoms with Crippen LogP contribution in [0.2, 0.25) is 0 Å². The minimum atomic E-state index is -1.46. The van der Waals surface area contributed by atoms with Gasteiger partial charge in [0.15, 0.2) is 5.41 Å². The van der Waals surface area contributed by atoms with E-state index in [-0.39, 0.29) is 18.7 Å². The summed E-state index contributed by atoms with van der Waals surface area (Å²) in [6.07, 6.45) is 0.170. The van der Waals surface area contributed by atoms with E-state index in [4.69, 9.17) is 0 Å². The van der Waals surface area contributed by atoms with Crippen molar-refractivity contribution in [2.75, 3.05) is 23.4 Å². The molecular formula is C23H18FN3O3. The van der Waals surface area contributed by atoms with Gasteiger partial charge in [0, 0.05) is 25.7 Å². The zero-order chi connectivity index (χ0) is 21.0. The number of imide groups is 2. The van der Waals surface area contributed by atoms with Gasteiger partial charge in [-0.25, -0.2) is 14.1 Å². The molecule has 1 fully saturated rings. The zero-order valence-corrected chi connectivity index (χ0v) is 16.2. The number of nitrogens with zero attached hydrogens (tertiary/aromatic N) is 2. The molecule has 0 unspecified atom stereocenters. The maximum absolute atomic E-state index is 13.6. The van der Waals surface area contributed by atoms with Crippen molar-refractivity contribution in [3.05, 3.63) is 72.0 Å². The van der Waals surface area contributed by atoms with Gasteiger partial charge in [-0.05, 0) is 46.7 Å². The fourth-order valence-electron chi connectivity index (χ4n) is 4.51. The van der Waals surface area contributed by atoms with Crippen molar-refractivity contribution in [2.45, 2.75) is 6.42 Å². The van der Waals surface area contributed by atoms with E-state index < -0.39 is 29.1 Å². The largest absolute Gasteiger partial charge is 0.373 e. The molecule has 0 radical (unpaired) electrons. The first-order valence-electron chi connectivity index (χ1n) is 9.58. The molecule has 1 atom stereocenters. The van der Waals surface area contributed by atoms with Gasteiger partial charge in [-0.2, -0.15) is 0 Å². The van der Waals surface area contributed by atoms with Gasteiger partial charge in [-0.15, -0.1) is 0 Å². The van der Waals surface area contributed by atoms with E-state index in [1.165, 1.54) is 24.3 Å². The van der Waals surface area contributed by atoms with Crippen LogP contribution in [0.4, 0.5) is 20.6 Å². The maximum Gasteiger partial charge on any atom is 0.335 e. The third-order valence-electron chi connectivity index (χ3n) is 5.97. The molecule has 2 aliphatic rings. The first-order valence-corrected chi connectivity index (χ1v) is 9.58. The topological polar surface area (TPSA) is 69.7 Å². The monoisotopic (exact) mass is 403 g/mol. The van der Waals surface area contributed by atoms with Crippen LogP contribution in [0.5, 0.6) is 0 Å². The van der Waals surface area contributed by atoms with Crippen LogP contribution in [-0.2, 0) is 16.0 Å². The second-order valence-corrected chi connectivity index (χ2v) is 7.78. The molecule has 6 nitrogen and oxygen atoms in total. The molecular weight excluding hydrogens is 385 g/mol. The summed E-state index contributed by atoms with van der Waals surface area (Å²) in [4.78, 5) is 42.0. The predicted octanol–water partition coefficient (Wildman–Crippen LogP) is 3.24. The Morgan fingerprint density at radius 1 is 0.967 bits per heavy atom. The fourth-order valence-corrected chi connectivity index (χ4v) is 4.51. The van der Waals surface area contributed by atoms with Crippen LogP contribution in [0.15, 0.2) is 60.7 Å². The van der Waals surface area contributed by atoms with Crippen LogP contribution >= 0.6 is 0 Å². The Morgan fingerprint density at radius 2 is 1.70 bits per heavy atom. The summed E-state index contributed by atoms with van der Waals surface area (Å²) < 4.78 is 13.4. The first-order chi connectivity index (χ1) is 14.4. The summed E-state index contributed by atoms with van der Waals surface area (Å²) in [6, 6.07) is 16.0. The molecule has 3 aromatic rings. The third-order valence-corrected chi connectivity index (χ3v) is 5.97. The minimum Gasteiger partial charge on any atom is -0.373 e. The van der Waals surface area contributed by atoms with Crippen molar-refractivity contribution >= 4 is 40.0 Å². The summed E-state index contributed by atoms with van der Waals surface area (Å²) in [5, 5.41) is 4.32. The number of hydrogen-bond acceptors (Lipinski definition) is 4. The molecule has 0 saturated carbocycles. The number of nitrogens with one attached hydrogen (secondary N) is 1. The van der Waals surface area contributed by atoms with Crippen LogP contribution in [-0.4, -0.2) is 31.4 Å². The lowest BCUT2D eigenvalue weighted by Crippen LogP contribution is -2.68. The molecule has 2 heterocycles. The summed E-state index contributed by atoms with van der Waals surface area (Å²) in [5.74, 6) is -1.69. The molecule has 4 amide bonds. The Hall–Kier alpha value is -3.74. The quantitative estimate of drug-likeness (QED) is 0.634. The highest BCUT2D eigenvalue weighted by Crippen LogP contribution is 2.42. The number of carbonyl (C=O) groups is 3. The molecule has 1 saturated heterocycles. The second kappa shape index (κ2) is 6.38. The van der Waals surface area contributed by atoms with E-state index in [9.17, 15) is 18.8 Å². The Bertz CT molecular complexity index is 1220. The van der Waals surface area contributed by atoms with Crippen molar-refractivity contribution in [3.8, 4) is 0 Å². The molecule has 1 spiro atoms. The molecule has 5 rings (SSSR count). The van der Waals surface area contributed by atoms with Crippen molar-refractivity contribution in [1.29, 1.82) is 0 Å². The molecule has 7 heteroatoms. The highest BCUT2D eigenvalue weighted by atomic mass is 19.1. The van der Waals surface area contributed by atoms with Gasteiger partial charge in [-0.3, -0.25) is 14.9 Å². The van der Waals surface area contributed by atoms with Gasteiger partial charge < -0.3 is 4.90 Å². The van der Waals surface area contributed by atoms with Crippen molar-refractivity contribution in [3.63, 3.8) is 0 Å². The van der Waals surface area contributed by atoms with Crippen LogP contribution in [0.1, 0.15) is 5.56 Å². The summed E-state index contributed by atoms with van der Waals surface area (Å²) in [7, 11) is 1.83. The van der Waals surface area contributed by atoms with E-state index in [1.807, 2.05) is 48.3 Å². The number of urea groups is 1. The summed E-state index contributed by atoms with van der Waals surface area (Å²) in [5.41, 5.74) is 0.592. The molecule has 0 bridgehead atoms. The number of rotatable bonds is 1. The van der Waals surface area contributed by atoms with E-state index in [2.05, 4.69) is 5.32 Å². The van der Waals surface area contributed by atoms with Crippen molar-refractivity contribution in [2.24, 2.45) is 5.41 Å². The number of carbonyl (C=O) groups excluding carboxylic acids is 3. The standard InChI is InChI=1S/C23H18FN3O3/c1-26-13-23(12-18-17-5-3-2-4-14(17)6-11-19(18)26)20(28)25-22(30)27(21(23)29)16-9-7-15(24)8-10-16/h2-11H,12-13H2,1H3,(H,25,28,30)/t23-/m0/s1. The highest BCUT2D eigenvalue weighted by molar-refractivity contribution is 6.30. The average Bonchev–Trinajstić information content (AvgIpc) is 2.74. The van der Waals surface area contributed by atoms with Crippen LogP contribution in [0.3, 0.4) is 0 Å².